The summed E-state index contributed by atoms with van der Waals surface area (Å²) < 4.78 is 26.7. The van der Waals surface area contributed by atoms with Crippen LogP contribution in [0.4, 0.5) is 0 Å². The lowest BCUT2D eigenvalue weighted by molar-refractivity contribution is -0.140. The van der Waals surface area contributed by atoms with E-state index in [0.29, 0.717) is 29.6 Å². The Morgan fingerprint density at radius 2 is 1.90 bits per heavy atom. The number of hydrogen-bond acceptors (Lipinski definition) is 6. The maximum absolute atomic E-state index is 10.9. The fraction of sp³-hybridized carbons (Fsp3) is 0.400. The maximum Gasteiger partial charge on any atom is 0.302 e. The van der Waals surface area contributed by atoms with Gasteiger partial charge in [0.25, 0.3) is 0 Å². The molecule has 0 amide bonds. The first-order valence-corrected chi connectivity index (χ1v) is 6.39. The van der Waals surface area contributed by atoms with Crippen molar-refractivity contribution in [1.82, 2.24) is 0 Å². The smallest absolute Gasteiger partial charge is 0.302 e. The minimum Gasteiger partial charge on any atom is -0.493 e. The minimum atomic E-state index is -0.332. The van der Waals surface area contributed by atoms with E-state index in [1.165, 1.54) is 6.92 Å². The average Bonchev–Trinajstić information content (AvgIpc) is 2.50. The van der Waals surface area contributed by atoms with Crippen LogP contribution in [0.15, 0.2) is 11.6 Å². The molecule has 0 spiro atoms. The van der Waals surface area contributed by atoms with Gasteiger partial charge in [0.1, 0.15) is 19.0 Å². The first-order valence-electron chi connectivity index (χ1n) is 6.39. The number of ether oxygens (including phenoxy) is 5. The summed E-state index contributed by atoms with van der Waals surface area (Å²) in [5, 5.41) is 0. The number of rotatable bonds is 5. The van der Waals surface area contributed by atoms with E-state index < -0.39 is 0 Å². The van der Waals surface area contributed by atoms with Crippen LogP contribution >= 0.6 is 0 Å². The van der Waals surface area contributed by atoms with E-state index in [9.17, 15) is 4.79 Å². The van der Waals surface area contributed by atoms with Crippen LogP contribution in [0.25, 0.3) is 6.08 Å². The molecule has 0 saturated heterocycles. The molecule has 1 aromatic rings. The Hall–Kier alpha value is -2.37. The average molecular weight is 294 g/mol. The molecule has 2 rings (SSSR count). The first kappa shape index (κ1) is 15.0. The number of hydrogen-bond donors (Lipinski definition) is 0. The van der Waals surface area contributed by atoms with Gasteiger partial charge in [0.15, 0.2) is 11.5 Å². The monoisotopic (exact) mass is 294 g/mol. The zero-order chi connectivity index (χ0) is 15.4. The van der Waals surface area contributed by atoms with Crippen LogP contribution in [0, 0.1) is 0 Å². The van der Waals surface area contributed by atoms with Gasteiger partial charge in [0.05, 0.1) is 26.9 Å². The first-order chi connectivity index (χ1) is 10.1. The van der Waals surface area contributed by atoms with Crippen LogP contribution < -0.4 is 18.9 Å². The van der Waals surface area contributed by atoms with Gasteiger partial charge >= 0.3 is 5.97 Å². The van der Waals surface area contributed by atoms with E-state index in [-0.39, 0.29) is 12.6 Å². The summed E-state index contributed by atoms with van der Waals surface area (Å²) in [5.74, 6) is 1.85. The fourth-order valence-corrected chi connectivity index (χ4v) is 2.11. The molecule has 1 aliphatic heterocycles. The van der Waals surface area contributed by atoms with Crippen molar-refractivity contribution >= 4 is 12.0 Å². The quantitative estimate of drug-likeness (QED) is 0.775. The number of methoxy groups -OCH3 is 3. The summed E-state index contributed by atoms with van der Waals surface area (Å²) >= 11 is 0. The molecule has 1 aromatic carbocycles. The van der Waals surface area contributed by atoms with E-state index in [1.54, 1.807) is 27.4 Å². The summed E-state index contributed by atoms with van der Waals surface area (Å²) in [4.78, 5) is 10.9. The highest BCUT2D eigenvalue weighted by atomic mass is 16.5. The topological polar surface area (TPSA) is 63.2 Å². The molecule has 114 valence electrons. The van der Waals surface area contributed by atoms with Gasteiger partial charge in [-0.05, 0) is 6.08 Å². The molecular formula is C15H18O6. The van der Waals surface area contributed by atoms with Gasteiger partial charge in [-0.1, -0.05) is 0 Å². The van der Waals surface area contributed by atoms with Crippen LogP contribution in [-0.4, -0.2) is 40.5 Å². The van der Waals surface area contributed by atoms with Gasteiger partial charge in [0, 0.05) is 18.6 Å². The highest BCUT2D eigenvalue weighted by molar-refractivity contribution is 5.75. The van der Waals surface area contributed by atoms with Gasteiger partial charge in [-0.15, -0.1) is 0 Å². The van der Waals surface area contributed by atoms with Crippen molar-refractivity contribution in [1.29, 1.82) is 0 Å². The van der Waals surface area contributed by atoms with Gasteiger partial charge < -0.3 is 23.7 Å². The van der Waals surface area contributed by atoms with E-state index in [2.05, 4.69) is 0 Å². The third-order valence-corrected chi connectivity index (χ3v) is 3.05. The lowest BCUT2D eigenvalue weighted by atomic mass is 10.1. The zero-order valence-corrected chi connectivity index (χ0v) is 12.5. The Morgan fingerprint density at radius 3 is 2.48 bits per heavy atom. The summed E-state index contributed by atoms with van der Waals surface area (Å²) in [7, 11) is 4.64. The zero-order valence-electron chi connectivity index (χ0n) is 12.5. The molecule has 0 N–H and O–H groups in total. The van der Waals surface area contributed by atoms with Crippen LogP contribution in [-0.2, 0) is 9.53 Å². The molecule has 0 bridgehead atoms. The van der Waals surface area contributed by atoms with Gasteiger partial charge in [-0.3, -0.25) is 4.79 Å². The van der Waals surface area contributed by atoms with Crippen LogP contribution in [0.2, 0.25) is 0 Å². The van der Waals surface area contributed by atoms with E-state index in [0.717, 1.165) is 11.1 Å². The predicted molar refractivity (Wildman–Crippen MR) is 76.2 cm³/mol. The molecule has 6 nitrogen and oxygen atoms in total. The van der Waals surface area contributed by atoms with E-state index in [1.807, 2.05) is 6.08 Å². The molecule has 0 atom stereocenters. The summed E-state index contributed by atoms with van der Waals surface area (Å²) in [5.41, 5.74) is 1.58. The largest absolute Gasteiger partial charge is 0.493 e. The van der Waals surface area contributed by atoms with Crippen molar-refractivity contribution in [3.8, 4) is 23.0 Å². The third kappa shape index (κ3) is 3.04. The van der Waals surface area contributed by atoms with Crippen molar-refractivity contribution in [3.63, 3.8) is 0 Å². The van der Waals surface area contributed by atoms with Crippen molar-refractivity contribution in [2.75, 3.05) is 34.5 Å². The number of esters is 1. The Labute approximate surface area is 123 Å². The number of carbonyl (C=O) groups is 1. The second-order valence-corrected chi connectivity index (χ2v) is 4.43. The fourth-order valence-electron chi connectivity index (χ4n) is 2.11. The second-order valence-electron chi connectivity index (χ2n) is 4.43. The normalized spacial score (nSPS) is 12.7. The standard InChI is InChI=1S/C15H18O6/c1-9(16)20-7-10-5-11-12(21-8-10)6-13(17-2)15(19-4)14(11)18-3/h5-6H,7-8H2,1-4H3. The molecular weight excluding hydrogens is 276 g/mol. The Kier molecular flexibility index (Phi) is 4.57. The van der Waals surface area contributed by atoms with E-state index >= 15 is 0 Å². The van der Waals surface area contributed by atoms with Gasteiger partial charge in [0.2, 0.25) is 5.75 Å². The summed E-state index contributed by atoms with van der Waals surface area (Å²) in [6.45, 7) is 1.90. The van der Waals surface area contributed by atoms with Gasteiger partial charge in [-0.2, -0.15) is 0 Å². The summed E-state index contributed by atoms with van der Waals surface area (Å²) in [6.07, 6.45) is 1.88. The van der Waals surface area contributed by atoms with Gasteiger partial charge in [-0.25, -0.2) is 0 Å². The predicted octanol–water partition coefficient (Wildman–Crippen LogP) is 2.05. The Bertz CT molecular complexity index is 576. The minimum absolute atomic E-state index is 0.187. The molecule has 0 aromatic heterocycles. The van der Waals surface area contributed by atoms with Crippen LogP contribution in [0.5, 0.6) is 23.0 Å². The molecule has 0 unspecified atom stereocenters. The molecule has 0 aliphatic carbocycles. The molecule has 0 fully saturated rings. The number of benzene rings is 1. The molecule has 0 radical (unpaired) electrons. The molecule has 21 heavy (non-hydrogen) atoms. The summed E-state index contributed by atoms with van der Waals surface area (Å²) in [6, 6.07) is 1.75. The highest BCUT2D eigenvalue weighted by Gasteiger charge is 2.23. The lowest BCUT2D eigenvalue weighted by Gasteiger charge is -2.22. The Balaban J connectivity index is 2.44. The van der Waals surface area contributed by atoms with Crippen molar-refractivity contribution in [2.24, 2.45) is 0 Å². The molecule has 1 heterocycles. The van der Waals surface area contributed by atoms with Crippen molar-refractivity contribution in [3.05, 3.63) is 17.2 Å². The number of carbonyl (C=O) groups excluding carboxylic acids is 1. The maximum atomic E-state index is 10.9. The molecule has 6 heteroatoms. The van der Waals surface area contributed by atoms with Crippen LogP contribution in [0.3, 0.4) is 0 Å². The van der Waals surface area contributed by atoms with Crippen LogP contribution in [0.1, 0.15) is 12.5 Å². The molecule has 1 aliphatic rings. The third-order valence-electron chi connectivity index (χ3n) is 3.05. The SMILES string of the molecule is COc1cc2c(c(OC)c1OC)C=C(COC(C)=O)CO2. The highest BCUT2D eigenvalue weighted by Crippen LogP contribution is 2.47. The number of fused-ring (bicyclic) bond motifs is 1. The second kappa shape index (κ2) is 6.39. The van der Waals surface area contributed by atoms with Crippen molar-refractivity contribution in [2.45, 2.75) is 6.92 Å². The lowest BCUT2D eigenvalue weighted by Crippen LogP contribution is -2.14. The van der Waals surface area contributed by atoms with E-state index in [4.69, 9.17) is 23.7 Å². The molecule has 0 saturated carbocycles. The van der Waals surface area contributed by atoms with Crippen molar-refractivity contribution < 1.29 is 28.5 Å². The Morgan fingerprint density at radius 1 is 1.19 bits per heavy atom.